The second kappa shape index (κ2) is 6.54. The second-order valence-electron chi connectivity index (χ2n) is 4.20. The summed E-state index contributed by atoms with van der Waals surface area (Å²) >= 11 is 3.47. The maximum atomic E-state index is 9.21. The van der Waals surface area contributed by atoms with Gasteiger partial charge in [0.05, 0.1) is 23.0 Å². The Labute approximate surface area is 121 Å². The largest absolute Gasteiger partial charge is 0.397 e. The molecule has 0 saturated heterocycles. The molecule has 0 aliphatic heterocycles. The van der Waals surface area contributed by atoms with E-state index in [4.69, 9.17) is 5.73 Å². The first-order chi connectivity index (χ1) is 9.20. The van der Waals surface area contributed by atoms with Crippen LogP contribution in [0.1, 0.15) is 5.56 Å². The van der Waals surface area contributed by atoms with Gasteiger partial charge in [0.1, 0.15) is 5.82 Å². The van der Waals surface area contributed by atoms with Crippen molar-refractivity contribution in [3.05, 3.63) is 52.6 Å². The van der Waals surface area contributed by atoms with Crippen molar-refractivity contribution in [3.63, 3.8) is 0 Å². The molecule has 0 amide bonds. The first kappa shape index (κ1) is 13.8. The minimum absolute atomic E-state index is 0.0747. The van der Waals surface area contributed by atoms with Gasteiger partial charge >= 0.3 is 0 Å². The number of anilines is 2. The van der Waals surface area contributed by atoms with Crippen LogP contribution < -0.4 is 10.6 Å². The Balaban J connectivity index is 2.24. The van der Waals surface area contributed by atoms with Crippen LogP contribution >= 0.6 is 15.9 Å². The molecule has 0 fully saturated rings. The third-order valence-electron chi connectivity index (χ3n) is 2.73. The lowest BCUT2D eigenvalue weighted by Gasteiger charge is -2.24. The molecule has 1 aromatic heterocycles. The Kier molecular flexibility index (Phi) is 4.76. The van der Waals surface area contributed by atoms with Gasteiger partial charge in [0.15, 0.2) is 0 Å². The first-order valence-electron chi connectivity index (χ1n) is 6.01. The summed E-state index contributed by atoms with van der Waals surface area (Å²) in [7, 11) is 0. The average molecular weight is 322 g/mol. The Bertz CT molecular complexity index is 533. The van der Waals surface area contributed by atoms with Crippen molar-refractivity contribution >= 4 is 27.4 Å². The third kappa shape index (κ3) is 3.68. The molecule has 0 saturated carbocycles. The Morgan fingerprint density at radius 1 is 1.26 bits per heavy atom. The number of hydrogen-bond acceptors (Lipinski definition) is 4. The minimum Gasteiger partial charge on any atom is -0.397 e. The van der Waals surface area contributed by atoms with Crippen LogP contribution in [0.25, 0.3) is 0 Å². The zero-order chi connectivity index (χ0) is 13.7. The monoisotopic (exact) mass is 321 g/mol. The lowest BCUT2D eigenvalue weighted by molar-refractivity contribution is 0.301. The van der Waals surface area contributed by atoms with E-state index in [0.717, 1.165) is 10.3 Å². The molecule has 0 spiro atoms. The van der Waals surface area contributed by atoms with Gasteiger partial charge in [-0.2, -0.15) is 0 Å². The number of rotatable bonds is 5. The summed E-state index contributed by atoms with van der Waals surface area (Å²) in [6.45, 7) is 1.28. The summed E-state index contributed by atoms with van der Waals surface area (Å²) in [5.74, 6) is 0.784. The average Bonchev–Trinajstić information content (AvgIpc) is 2.39. The summed E-state index contributed by atoms with van der Waals surface area (Å²) in [6.07, 6.45) is 1.62. The fourth-order valence-electron chi connectivity index (χ4n) is 1.86. The lowest BCUT2D eigenvalue weighted by Crippen LogP contribution is -2.27. The molecule has 0 atom stereocenters. The van der Waals surface area contributed by atoms with E-state index in [9.17, 15) is 5.11 Å². The van der Waals surface area contributed by atoms with E-state index < -0.39 is 0 Å². The second-order valence-corrected chi connectivity index (χ2v) is 5.06. The number of nitrogens with two attached hydrogens (primary N) is 1. The smallest absolute Gasteiger partial charge is 0.143 e. The zero-order valence-corrected chi connectivity index (χ0v) is 12.0. The Morgan fingerprint density at radius 3 is 2.63 bits per heavy atom. The summed E-state index contributed by atoms with van der Waals surface area (Å²) in [6, 6.07) is 11.9. The Hall–Kier alpha value is -1.59. The molecule has 2 rings (SSSR count). The summed E-state index contributed by atoms with van der Waals surface area (Å²) in [5.41, 5.74) is 7.47. The van der Waals surface area contributed by atoms with Crippen LogP contribution in [-0.4, -0.2) is 23.2 Å². The molecule has 1 heterocycles. The van der Waals surface area contributed by atoms with Crippen molar-refractivity contribution < 1.29 is 5.11 Å². The molecule has 100 valence electrons. The number of aromatic nitrogens is 1. The highest BCUT2D eigenvalue weighted by atomic mass is 79.9. The van der Waals surface area contributed by atoms with Gasteiger partial charge in [-0.15, -0.1) is 0 Å². The summed E-state index contributed by atoms with van der Waals surface area (Å²) < 4.78 is 0.830. The number of halogens is 1. The number of hydrogen-bond donors (Lipinski definition) is 2. The third-order valence-corrected chi connectivity index (χ3v) is 3.31. The fourth-order valence-corrected chi connectivity index (χ4v) is 2.48. The van der Waals surface area contributed by atoms with Crippen molar-refractivity contribution in [2.75, 3.05) is 23.8 Å². The van der Waals surface area contributed by atoms with E-state index in [-0.39, 0.29) is 6.61 Å². The lowest BCUT2D eigenvalue weighted by atomic mass is 10.2. The van der Waals surface area contributed by atoms with E-state index in [2.05, 4.69) is 33.0 Å². The van der Waals surface area contributed by atoms with Crippen LogP contribution in [0.15, 0.2) is 47.1 Å². The first-order valence-corrected chi connectivity index (χ1v) is 6.81. The molecule has 0 radical (unpaired) electrons. The summed E-state index contributed by atoms with van der Waals surface area (Å²) in [4.78, 5) is 6.35. The molecule has 0 aliphatic carbocycles. The summed E-state index contributed by atoms with van der Waals surface area (Å²) in [5, 5.41) is 9.21. The predicted octanol–water partition coefficient (Wildman–Crippen LogP) is 2.43. The van der Waals surface area contributed by atoms with Gasteiger partial charge in [-0.05, 0) is 27.6 Å². The number of nitrogens with zero attached hydrogens (tertiary/aromatic N) is 2. The van der Waals surface area contributed by atoms with Crippen LogP contribution in [0, 0.1) is 0 Å². The van der Waals surface area contributed by atoms with Crippen molar-refractivity contribution in [2.24, 2.45) is 0 Å². The van der Waals surface area contributed by atoms with Crippen molar-refractivity contribution in [1.29, 1.82) is 0 Å². The van der Waals surface area contributed by atoms with Crippen molar-refractivity contribution in [2.45, 2.75) is 6.54 Å². The molecular weight excluding hydrogens is 306 g/mol. The van der Waals surface area contributed by atoms with Gasteiger partial charge in [0, 0.05) is 13.1 Å². The molecule has 5 heteroatoms. The standard InChI is InChI=1S/C14H16BrN3O/c15-13-8-12(16)9-17-14(13)18(6-7-19)10-11-4-2-1-3-5-11/h1-5,8-9,19H,6-7,10,16H2. The Morgan fingerprint density at radius 2 is 2.00 bits per heavy atom. The maximum Gasteiger partial charge on any atom is 0.143 e. The normalized spacial score (nSPS) is 10.4. The zero-order valence-electron chi connectivity index (χ0n) is 10.5. The molecule has 0 bridgehead atoms. The van der Waals surface area contributed by atoms with Crippen molar-refractivity contribution in [3.8, 4) is 0 Å². The fraction of sp³-hybridized carbons (Fsp3) is 0.214. The van der Waals surface area contributed by atoms with Crippen molar-refractivity contribution in [1.82, 2.24) is 4.98 Å². The molecule has 3 N–H and O–H groups in total. The topological polar surface area (TPSA) is 62.4 Å². The SMILES string of the molecule is Nc1cnc(N(CCO)Cc2ccccc2)c(Br)c1. The molecular formula is C14H16BrN3O. The number of aliphatic hydroxyl groups excluding tert-OH is 1. The van der Waals surface area contributed by atoms with Gasteiger partial charge in [-0.1, -0.05) is 30.3 Å². The minimum atomic E-state index is 0.0747. The van der Waals surface area contributed by atoms with Gasteiger partial charge in [-0.25, -0.2) is 4.98 Å². The number of aliphatic hydroxyl groups is 1. The quantitative estimate of drug-likeness (QED) is 0.887. The highest BCUT2D eigenvalue weighted by Gasteiger charge is 2.12. The molecule has 4 nitrogen and oxygen atoms in total. The van der Waals surface area contributed by atoms with E-state index in [1.54, 1.807) is 6.20 Å². The number of nitrogen functional groups attached to an aromatic ring is 1. The predicted molar refractivity (Wildman–Crippen MR) is 80.9 cm³/mol. The van der Waals surface area contributed by atoms with Crippen LogP contribution in [0.4, 0.5) is 11.5 Å². The highest BCUT2D eigenvalue weighted by molar-refractivity contribution is 9.10. The maximum absolute atomic E-state index is 9.21. The van der Waals surface area contributed by atoms with E-state index >= 15 is 0 Å². The van der Waals surface area contributed by atoms with Crippen LogP contribution in [-0.2, 0) is 6.54 Å². The van der Waals surface area contributed by atoms with Gasteiger partial charge in [-0.3, -0.25) is 0 Å². The van der Waals surface area contributed by atoms with Crippen LogP contribution in [0.2, 0.25) is 0 Å². The van der Waals surface area contributed by atoms with Gasteiger partial charge < -0.3 is 15.7 Å². The van der Waals surface area contributed by atoms with E-state index in [1.165, 1.54) is 5.56 Å². The van der Waals surface area contributed by atoms with Crippen LogP contribution in [0.3, 0.4) is 0 Å². The molecule has 0 unspecified atom stereocenters. The van der Waals surface area contributed by atoms with Crippen LogP contribution in [0.5, 0.6) is 0 Å². The molecule has 2 aromatic rings. The van der Waals surface area contributed by atoms with E-state index in [0.29, 0.717) is 18.8 Å². The van der Waals surface area contributed by atoms with Gasteiger partial charge in [0.2, 0.25) is 0 Å². The molecule has 1 aromatic carbocycles. The van der Waals surface area contributed by atoms with E-state index in [1.807, 2.05) is 29.2 Å². The number of pyridine rings is 1. The highest BCUT2D eigenvalue weighted by Crippen LogP contribution is 2.26. The molecule has 19 heavy (non-hydrogen) atoms. The number of benzene rings is 1. The molecule has 0 aliphatic rings. The van der Waals surface area contributed by atoms with Gasteiger partial charge in [0.25, 0.3) is 0 Å².